The van der Waals surface area contributed by atoms with Crippen molar-refractivity contribution in [3.63, 3.8) is 0 Å². The molecule has 2 rings (SSSR count). The van der Waals surface area contributed by atoms with E-state index in [0.717, 1.165) is 24.9 Å². The van der Waals surface area contributed by atoms with Gasteiger partial charge in [0.2, 0.25) is 0 Å². The minimum Gasteiger partial charge on any atom is -0.393 e. The van der Waals surface area contributed by atoms with Gasteiger partial charge in [-0.1, -0.05) is 30.3 Å². The van der Waals surface area contributed by atoms with Gasteiger partial charge in [0, 0.05) is 12.1 Å². The summed E-state index contributed by atoms with van der Waals surface area (Å²) in [5, 5.41) is 9.27. The maximum absolute atomic E-state index is 12.2. The Hall–Kier alpha value is -1.19. The molecule has 0 saturated heterocycles. The smallest absolute Gasteiger partial charge is 0.179 e. The molecule has 0 aromatic heterocycles. The van der Waals surface area contributed by atoms with Gasteiger partial charge in [-0.3, -0.25) is 9.69 Å². The van der Waals surface area contributed by atoms with Crippen LogP contribution in [0.3, 0.4) is 0 Å². The van der Waals surface area contributed by atoms with Crippen molar-refractivity contribution < 1.29 is 9.90 Å². The minimum atomic E-state index is -0.122. The molecule has 98 valence electrons. The lowest BCUT2D eigenvalue weighted by Gasteiger charge is -2.36. The number of Topliss-reactive ketones (excluding diaryl/α,β-unsaturated/α-hetero) is 1. The Bertz CT molecular complexity index is 398. The number of carbonyl (C=O) groups excluding carboxylic acids is 1. The standard InChI is InChI=1S/C15H21NO2/c1-11(15(18)13-6-4-3-5-7-13)16(2)10-12-8-14(17)9-12/h3-7,11-12,14,17H,8-10H2,1-2H3. The molecule has 1 aliphatic carbocycles. The molecule has 0 spiro atoms. The van der Waals surface area contributed by atoms with Gasteiger partial charge in [-0.2, -0.15) is 0 Å². The van der Waals surface area contributed by atoms with Crippen LogP contribution < -0.4 is 0 Å². The van der Waals surface area contributed by atoms with Crippen molar-refractivity contribution >= 4 is 5.78 Å². The van der Waals surface area contributed by atoms with Crippen LogP contribution >= 0.6 is 0 Å². The fraction of sp³-hybridized carbons (Fsp3) is 0.533. The number of likely N-dealkylation sites (N-methyl/N-ethyl adjacent to an activating group) is 1. The molecule has 3 nitrogen and oxygen atoms in total. The van der Waals surface area contributed by atoms with Crippen LogP contribution in [0.25, 0.3) is 0 Å². The lowest BCUT2D eigenvalue weighted by atomic mass is 9.82. The van der Waals surface area contributed by atoms with Crippen molar-refractivity contribution in [2.75, 3.05) is 13.6 Å². The molecule has 1 atom stereocenters. The minimum absolute atomic E-state index is 0.106. The van der Waals surface area contributed by atoms with E-state index in [0.29, 0.717) is 5.92 Å². The van der Waals surface area contributed by atoms with Crippen molar-refractivity contribution in [2.45, 2.75) is 31.9 Å². The normalized spacial score (nSPS) is 24.7. The maximum atomic E-state index is 12.2. The Morgan fingerprint density at radius 1 is 1.39 bits per heavy atom. The number of aliphatic hydroxyl groups is 1. The molecule has 1 fully saturated rings. The average Bonchev–Trinajstić information content (AvgIpc) is 2.36. The van der Waals surface area contributed by atoms with E-state index in [1.165, 1.54) is 0 Å². The van der Waals surface area contributed by atoms with E-state index in [1.54, 1.807) is 0 Å². The maximum Gasteiger partial charge on any atom is 0.179 e. The first-order valence-corrected chi connectivity index (χ1v) is 6.55. The van der Waals surface area contributed by atoms with E-state index >= 15 is 0 Å². The van der Waals surface area contributed by atoms with Crippen LogP contribution in [0.4, 0.5) is 0 Å². The van der Waals surface area contributed by atoms with Crippen molar-refractivity contribution in [2.24, 2.45) is 5.92 Å². The Morgan fingerprint density at radius 2 is 2.00 bits per heavy atom. The summed E-state index contributed by atoms with van der Waals surface area (Å²) in [6.07, 6.45) is 1.62. The van der Waals surface area contributed by atoms with Crippen LogP contribution in [-0.4, -0.2) is 41.5 Å². The van der Waals surface area contributed by atoms with Gasteiger partial charge in [0.1, 0.15) is 0 Å². The molecule has 1 aromatic rings. The predicted octanol–water partition coefficient (Wildman–Crippen LogP) is 1.96. The van der Waals surface area contributed by atoms with Gasteiger partial charge in [0.25, 0.3) is 0 Å². The highest BCUT2D eigenvalue weighted by Crippen LogP contribution is 2.28. The number of hydrogen-bond donors (Lipinski definition) is 1. The predicted molar refractivity (Wildman–Crippen MR) is 71.6 cm³/mol. The van der Waals surface area contributed by atoms with Gasteiger partial charge < -0.3 is 5.11 Å². The van der Waals surface area contributed by atoms with Crippen LogP contribution in [0, 0.1) is 5.92 Å². The van der Waals surface area contributed by atoms with Crippen molar-refractivity contribution in [1.29, 1.82) is 0 Å². The Labute approximate surface area is 108 Å². The quantitative estimate of drug-likeness (QED) is 0.809. The van der Waals surface area contributed by atoms with Gasteiger partial charge in [0.15, 0.2) is 5.78 Å². The van der Waals surface area contributed by atoms with Crippen molar-refractivity contribution in [3.8, 4) is 0 Å². The summed E-state index contributed by atoms with van der Waals surface area (Å²) in [6.45, 7) is 2.83. The zero-order valence-electron chi connectivity index (χ0n) is 11.0. The molecule has 0 aliphatic heterocycles. The zero-order valence-corrected chi connectivity index (χ0v) is 11.0. The van der Waals surface area contributed by atoms with Crippen LogP contribution in [-0.2, 0) is 0 Å². The second-order valence-electron chi connectivity index (χ2n) is 5.34. The van der Waals surface area contributed by atoms with E-state index in [1.807, 2.05) is 44.3 Å². The van der Waals surface area contributed by atoms with Crippen LogP contribution in [0.15, 0.2) is 30.3 Å². The third kappa shape index (κ3) is 2.98. The molecule has 18 heavy (non-hydrogen) atoms. The SMILES string of the molecule is CC(C(=O)c1ccccc1)N(C)CC1CC(O)C1. The van der Waals surface area contributed by atoms with Gasteiger partial charge in [-0.15, -0.1) is 0 Å². The summed E-state index contributed by atoms with van der Waals surface area (Å²) in [5.74, 6) is 0.703. The Kier molecular flexibility index (Phi) is 4.15. The fourth-order valence-electron chi connectivity index (χ4n) is 2.46. The molecule has 1 saturated carbocycles. The first kappa shape index (κ1) is 13.2. The number of aliphatic hydroxyl groups excluding tert-OH is 1. The number of hydrogen-bond acceptors (Lipinski definition) is 3. The van der Waals surface area contributed by atoms with Crippen molar-refractivity contribution in [3.05, 3.63) is 35.9 Å². The monoisotopic (exact) mass is 247 g/mol. The number of rotatable bonds is 5. The molecule has 1 N–H and O–H groups in total. The lowest BCUT2D eigenvalue weighted by Crippen LogP contribution is -2.43. The highest BCUT2D eigenvalue weighted by atomic mass is 16.3. The summed E-state index contributed by atoms with van der Waals surface area (Å²) in [6, 6.07) is 9.32. The largest absolute Gasteiger partial charge is 0.393 e. The molecule has 0 heterocycles. The summed E-state index contributed by atoms with van der Waals surface area (Å²) in [4.78, 5) is 14.3. The van der Waals surface area contributed by atoms with Gasteiger partial charge >= 0.3 is 0 Å². The number of nitrogens with zero attached hydrogens (tertiary/aromatic N) is 1. The molecule has 1 aromatic carbocycles. The molecule has 0 bridgehead atoms. The van der Waals surface area contributed by atoms with Crippen LogP contribution in [0.2, 0.25) is 0 Å². The average molecular weight is 247 g/mol. The number of carbonyl (C=O) groups is 1. The molecule has 3 heteroatoms. The van der Waals surface area contributed by atoms with Crippen LogP contribution in [0.1, 0.15) is 30.1 Å². The molecule has 0 amide bonds. The van der Waals surface area contributed by atoms with E-state index in [4.69, 9.17) is 0 Å². The molecule has 1 aliphatic rings. The van der Waals surface area contributed by atoms with Gasteiger partial charge in [-0.05, 0) is 32.7 Å². The van der Waals surface area contributed by atoms with E-state index in [-0.39, 0.29) is 17.9 Å². The summed E-state index contributed by atoms with van der Waals surface area (Å²) in [5.41, 5.74) is 0.769. The summed E-state index contributed by atoms with van der Waals surface area (Å²) in [7, 11) is 1.98. The third-order valence-corrected chi connectivity index (χ3v) is 3.86. The Morgan fingerprint density at radius 3 is 2.56 bits per heavy atom. The highest BCUT2D eigenvalue weighted by Gasteiger charge is 2.30. The Balaban J connectivity index is 1.90. The highest BCUT2D eigenvalue weighted by molar-refractivity contribution is 5.99. The second kappa shape index (κ2) is 5.63. The van der Waals surface area contributed by atoms with E-state index in [9.17, 15) is 9.90 Å². The summed E-state index contributed by atoms with van der Waals surface area (Å²) < 4.78 is 0. The third-order valence-electron chi connectivity index (χ3n) is 3.86. The molecule has 0 radical (unpaired) electrons. The molecular formula is C15H21NO2. The topological polar surface area (TPSA) is 40.5 Å². The lowest BCUT2D eigenvalue weighted by molar-refractivity contribution is 0.0234. The van der Waals surface area contributed by atoms with Crippen LogP contribution in [0.5, 0.6) is 0 Å². The van der Waals surface area contributed by atoms with Gasteiger partial charge in [-0.25, -0.2) is 0 Å². The zero-order chi connectivity index (χ0) is 13.1. The second-order valence-corrected chi connectivity index (χ2v) is 5.34. The van der Waals surface area contributed by atoms with E-state index < -0.39 is 0 Å². The summed E-state index contributed by atoms with van der Waals surface area (Å²) >= 11 is 0. The fourth-order valence-corrected chi connectivity index (χ4v) is 2.46. The molecule has 1 unspecified atom stereocenters. The number of ketones is 1. The van der Waals surface area contributed by atoms with Gasteiger partial charge in [0.05, 0.1) is 12.1 Å². The van der Waals surface area contributed by atoms with Crippen molar-refractivity contribution in [1.82, 2.24) is 4.90 Å². The van der Waals surface area contributed by atoms with E-state index in [2.05, 4.69) is 4.90 Å². The number of benzene rings is 1. The first-order valence-electron chi connectivity index (χ1n) is 6.55. The first-order chi connectivity index (χ1) is 8.58. The molecular weight excluding hydrogens is 226 g/mol.